The van der Waals surface area contributed by atoms with Gasteiger partial charge < -0.3 is 4.74 Å². The first-order valence-corrected chi connectivity index (χ1v) is 5.03. The molecule has 0 saturated carbocycles. The van der Waals surface area contributed by atoms with Crippen LogP contribution in [0.2, 0.25) is 0 Å². The van der Waals surface area contributed by atoms with E-state index < -0.39 is 0 Å². The minimum atomic E-state index is 0.499. The standard InChI is InChI=1S/C7H13ClOS/c1-7(5-8)6-9-3-4-10-2/h1,3-6H2,2H3. The predicted molar refractivity (Wildman–Crippen MR) is 49.1 cm³/mol. The van der Waals surface area contributed by atoms with Crippen molar-refractivity contribution in [3.63, 3.8) is 0 Å². The molecular formula is C7H13ClOS. The van der Waals surface area contributed by atoms with Crippen molar-refractivity contribution in [1.82, 2.24) is 0 Å². The van der Waals surface area contributed by atoms with Gasteiger partial charge in [-0.05, 0) is 11.8 Å². The lowest BCUT2D eigenvalue weighted by Gasteiger charge is -2.02. The Morgan fingerprint density at radius 2 is 2.40 bits per heavy atom. The normalized spacial score (nSPS) is 9.80. The van der Waals surface area contributed by atoms with Crippen LogP contribution in [0.4, 0.5) is 0 Å². The second-order valence-corrected chi connectivity index (χ2v) is 3.18. The molecule has 0 aliphatic carbocycles. The molecule has 1 nitrogen and oxygen atoms in total. The summed E-state index contributed by atoms with van der Waals surface area (Å²) in [6, 6.07) is 0. The topological polar surface area (TPSA) is 9.23 Å². The van der Waals surface area contributed by atoms with Crippen molar-refractivity contribution in [1.29, 1.82) is 0 Å². The maximum Gasteiger partial charge on any atom is 0.0686 e. The Balaban J connectivity index is 2.96. The first-order chi connectivity index (χ1) is 4.81. The van der Waals surface area contributed by atoms with Gasteiger partial charge in [0.1, 0.15) is 0 Å². The van der Waals surface area contributed by atoms with Gasteiger partial charge in [-0.1, -0.05) is 6.58 Å². The molecule has 0 radical (unpaired) electrons. The van der Waals surface area contributed by atoms with E-state index in [1.807, 2.05) is 0 Å². The van der Waals surface area contributed by atoms with E-state index in [0.717, 1.165) is 17.9 Å². The van der Waals surface area contributed by atoms with Crippen LogP contribution in [-0.2, 0) is 4.74 Å². The summed E-state index contributed by atoms with van der Waals surface area (Å²) >= 11 is 7.25. The first-order valence-electron chi connectivity index (χ1n) is 3.10. The summed E-state index contributed by atoms with van der Waals surface area (Å²) in [6.45, 7) is 5.10. The van der Waals surface area contributed by atoms with Gasteiger partial charge in [0.15, 0.2) is 0 Å². The van der Waals surface area contributed by atoms with Crippen LogP contribution in [0.15, 0.2) is 12.2 Å². The Kier molecular flexibility index (Phi) is 7.70. The lowest BCUT2D eigenvalue weighted by molar-refractivity contribution is 0.174. The summed E-state index contributed by atoms with van der Waals surface area (Å²) in [7, 11) is 0. The first kappa shape index (κ1) is 10.3. The van der Waals surface area contributed by atoms with Crippen LogP contribution in [0.25, 0.3) is 0 Å². The summed E-state index contributed by atoms with van der Waals surface area (Å²) in [5.74, 6) is 1.54. The van der Waals surface area contributed by atoms with Gasteiger partial charge in [0.2, 0.25) is 0 Å². The van der Waals surface area contributed by atoms with Crippen LogP contribution in [0.1, 0.15) is 0 Å². The SMILES string of the molecule is C=C(CCl)COCCSC. The molecule has 0 aliphatic rings. The van der Waals surface area contributed by atoms with Crippen molar-refractivity contribution >= 4 is 23.4 Å². The number of thioether (sulfide) groups is 1. The Bertz CT molecular complexity index is 95.6. The van der Waals surface area contributed by atoms with Crippen molar-refractivity contribution in [2.75, 3.05) is 31.1 Å². The molecule has 0 heterocycles. The zero-order valence-electron chi connectivity index (χ0n) is 6.23. The maximum atomic E-state index is 5.48. The molecule has 0 aliphatic heterocycles. The van der Waals surface area contributed by atoms with E-state index >= 15 is 0 Å². The number of hydrogen-bond acceptors (Lipinski definition) is 2. The van der Waals surface area contributed by atoms with Crippen LogP contribution < -0.4 is 0 Å². The number of halogens is 1. The van der Waals surface area contributed by atoms with Crippen LogP contribution >= 0.6 is 23.4 Å². The number of rotatable bonds is 6. The van der Waals surface area contributed by atoms with Crippen molar-refractivity contribution in [2.24, 2.45) is 0 Å². The lowest BCUT2D eigenvalue weighted by Crippen LogP contribution is -2.01. The van der Waals surface area contributed by atoms with Crippen molar-refractivity contribution < 1.29 is 4.74 Å². The fraction of sp³-hybridized carbons (Fsp3) is 0.714. The molecule has 0 atom stereocenters. The molecular weight excluding hydrogens is 168 g/mol. The van der Waals surface area contributed by atoms with Gasteiger partial charge in [-0.3, -0.25) is 0 Å². The number of alkyl halides is 1. The van der Waals surface area contributed by atoms with E-state index in [9.17, 15) is 0 Å². The minimum Gasteiger partial charge on any atom is -0.376 e. The summed E-state index contributed by atoms with van der Waals surface area (Å²) in [6.07, 6.45) is 2.06. The molecule has 10 heavy (non-hydrogen) atoms. The predicted octanol–water partition coefficient (Wildman–Crippen LogP) is 2.16. The Labute approximate surface area is 71.8 Å². The van der Waals surface area contributed by atoms with Gasteiger partial charge in [-0.25, -0.2) is 0 Å². The minimum absolute atomic E-state index is 0.499. The van der Waals surface area contributed by atoms with Crippen molar-refractivity contribution in [2.45, 2.75) is 0 Å². The molecule has 0 aromatic rings. The molecule has 60 valence electrons. The monoisotopic (exact) mass is 180 g/mol. The Morgan fingerprint density at radius 1 is 1.70 bits per heavy atom. The molecule has 0 aromatic heterocycles. The highest BCUT2D eigenvalue weighted by Gasteiger charge is 1.90. The summed E-state index contributed by atoms with van der Waals surface area (Å²) in [5, 5.41) is 0. The second kappa shape index (κ2) is 7.45. The van der Waals surface area contributed by atoms with E-state index in [1.165, 1.54) is 0 Å². The fourth-order valence-corrected chi connectivity index (χ4v) is 0.759. The highest BCUT2D eigenvalue weighted by molar-refractivity contribution is 7.98. The van der Waals surface area contributed by atoms with E-state index in [1.54, 1.807) is 11.8 Å². The average molecular weight is 181 g/mol. The highest BCUT2D eigenvalue weighted by Crippen LogP contribution is 1.96. The molecule has 0 bridgehead atoms. The van der Waals surface area contributed by atoms with Gasteiger partial charge in [-0.2, -0.15) is 11.8 Å². The van der Waals surface area contributed by atoms with Gasteiger partial charge >= 0.3 is 0 Å². The number of hydrogen-bond donors (Lipinski definition) is 0. The Morgan fingerprint density at radius 3 is 2.90 bits per heavy atom. The second-order valence-electron chi connectivity index (χ2n) is 1.93. The van der Waals surface area contributed by atoms with E-state index in [0.29, 0.717) is 12.5 Å². The van der Waals surface area contributed by atoms with Crippen LogP contribution in [0.3, 0.4) is 0 Å². The van der Waals surface area contributed by atoms with E-state index in [2.05, 4.69) is 12.8 Å². The van der Waals surface area contributed by atoms with Crippen LogP contribution in [-0.4, -0.2) is 31.1 Å². The molecule has 0 fully saturated rings. The van der Waals surface area contributed by atoms with E-state index in [4.69, 9.17) is 16.3 Å². The smallest absolute Gasteiger partial charge is 0.0686 e. The molecule has 0 rings (SSSR count). The fourth-order valence-electron chi connectivity index (χ4n) is 0.397. The molecule has 0 unspecified atom stereocenters. The number of ether oxygens (including phenoxy) is 1. The summed E-state index contributed by atoms with van der Waals surface area (Å²) in [4.78, 5) is 0. The molecule has 0 saturated heterocycles. The molecule has 0 N–H and O–H groups in total. The van der Waals surface area contributed by atoms with Crippen molar-refractivity contribution in [3.05, 3.63) is 12.2 Å². The third-order valence-electron chi connectivity index (χ3n) is 0.927. The van der Waals surface area contributed by atoms with Gasteiger partial charge in [0.25, 0.3) is 0 Å². The van der Waals surface area contributed by atoms with Crippen LogP contribution in [0.5, 0.6) is 0 Å². The summed E-state index contributed by atoms with van der Waals surface area (Å²) < 4.78 is 5.22. The molecule has 0 aromatic carbocycles. The van der Waals surface area contributed by atoms with Crippen molar-refractivity contribution in [3.8, 4) is 0 Å². The zero-order valence-corrected chi connectivity index (χ0v) is 7.80. The molecule has 3 heteroatoms. The molecule has 0 amide bonds. The Hall–Kier alpha value is 0.340. The largest absolute Gasteiger partial charge is 0.376 e. The highest BCUT2D eigenvalue weighted by atomic mass is 35.5. The molecule has 0 spiro atoms. The quantitative estimate of drug-likeness (QED) is 0.352. The maximum absolute atomic E-state index is 5.48. The average Bonchev–Trinajstić information content (AvgIpc) is 1.98. The third-order valence-corrected chi connectivity index (χ3v) is 1.88. The third kappa shape index (κ3) is 6.46. The summed E-state index contributed by atoms with van der Waals surface area (Å²) in [5.41, 5.74) is 0.947. The van der Waals surface area contributed by atoms with Gasteiger partial charge in [0.05, 0.1) is 13.2 Å². The van der Waals surface area contributed by atoms with E-state index in [-0.39, 0.29) is 0 Å². The van der Waals surface area contributed by atoms with Gasteiger partial charge in [-0.15, -0.1) is 11.6 Å². The van der Waals surface area contributed by atoms with Gasteiger partial charge in [0, 0.05) is 11.6 Å². The lowest BCUT2D eigenvalue weighted by atomic mass is 10.4. The van der Waals surface area contributed by atoms with Crippen LogP contribution in [0, 0.1) is 0 Å². The zero-order chi connectivity index (χ0) is 7.82.